The molecule has 102 valence electrons. The third kappa shape index (κ3) is 3.55. The molecule has 4 heteroatoms. The van der Waals surface area contributed by atoms with Crippen LogP contribution in [0.25, 0.3) is 10.1 Å². The Labute approximate surface area is 117 Å². The standard InChI is InChI=1S/C15H19NO2S/c1-10(2)7-11(17)8-16-15(18)13-9-19-14-6-4-3-5-12(13)14/h3-6,9-11,17H,7-8H2,1-2H3,(H,16,18). The number of aliphatic hydroxyl groups excluding tert-OH is 1. The first kappa shape index (κ1) is 14.0. The number of aliphatic hydroxyl groups is 1. The van der Waals surface area contributed by atoms with E-state index >= 15 is 0 Å². The van der Waals surface area contributed by atoms with Crippen LogP contribution >= 0.6 is 11.3 Å². The van der Waals surface area contributed by atoms with E-state index in [2.05, 4.69) is 19.2 Å². The maximum absolute atomic E-state index is 12.1. The molecule has 0 fully saturated rings. The van der Waals surface area contributed by atoms with Crippen LogP contribution < -0.4 is 5.32 Å². The van der Waals surface area contributed by atoms with Crippen molar-refractivity contribution in [1.82, 2.24) is 5.32 Å². The number of hydrogen-bond acceptors (Lipinski definition) is 3. The molecular formula is C15H19NO2S. The molecule has 0 aliphatic carbocycles. The van der Waals surface area contributed by atoms with Gasteiger partial charge in [0.25, 0.3) is 5.91 Å². The molecule has 0 radical (unpaired) electrons. The Balaban J connectivity index is 2.00. The van der Waals surface area contributed by atoms with Gasteiger partial charge in [-0.05, 0) is 18.4 Å². The van der Waals surface area contributed by atoms with Crippen molar-refractivity contribution in [1.29, 1.82) is 0 Å². The molecule has 0 saturated heterocycles. The number of carbonyl (C=O) groups excluding carboxylic acids is 1. The number of fused-ring (bicyclic) bond motifs is 1. The van der Waals surface area contributed by atoms with E-state index in [9.17, 15) is 9.90 Å². The lowest BCUT2D eigenvalue weighted by Crippen LogP contribution is -2.32. The molecule has 1 aromatic carbocycles. The zero-order valence-electron chi connectivity index (χ0n) is 11.2. The van der Waals surface area contributed by atoms with E-state index in [1.165, 1.54) is 0 Å². The first-order valence-electron chi connectivity index (χ1n) is 6.50. The number of thiophene rings is 1. The summed E-state index contributed by atoms with van der Waals surface area (Å²) in [4.78, 5) is 12.1. The quantitative estimate of drug-likeness (QED) is 0.882. The highest BCUT2D eigenvalue weighted by Crippen LogP contribution is 2.25. The molecule has 0 saturated carbocycles. The number of carbonyl (C=O) groups is 1. The summed E-state index contributed by atoms with van der Waals surface area (Å²) in [6.45, 7) is 4.41. The van der Waals surface area contributed by atoms with Gasteiger partial charge < -0.3 is 10.4 Å². The molecule has 19 heavy (non-hydrogen) atoms. The van der Waals surface area contributed by atoms with Gasteiger partial charge in [0.2, 0.25) is 0 Å². The lowest BCUT2D eigenvalue weighted by molar-refractivity contribution is 0.0902. The highest BCUT2D eigenvalue weighted by molar-refractivity contribution is 7.17. The summed E-state index contributed by atoms with van der Waals surface area (Å²) >= 11 is 1.56. The van der Waals surface area contributed by atoms with Gasteiger partial charge >= 0.3 is 0 Å². The van der Waals surface area contributed by atoms with E-state index in [0.717, 1.165) is 10.1 Å². The van der Waals surface area contributed by atoms with Gasteiger partial charge in [-0.2, -0.15) is 0 Å². The second-order valence-corrected chi connectivity index (χ2v) is 6.05. The number of benzene rings is 1. The van der Waals surface area contributed by atoms with Crippen molar-refractivity contribution < 1.29 is 9.90 Å². The van der Waals surface area contributed by atoms with Gasteiger partial charge in [0.15, 0.2) is 0 Å². The lowest BCUT2D eigenvalue weighted by atomic mass is 10.1. The van der Waals surface area contributed by atoms with Crippen LogP contribution in [0.2, 0.25) is 0 Å². The third-order valence-electron chi connectivity index (χ3n) is 2.97. The maximum Gasteiger partial charge on any atom is 0.252 e. The first-order valence-corrected chi connectivity index (χ1v) is 7.38. The van der Waals surface area contributed by atoms with Gasteiger partial charge in [0.1, 0.15) is 0 Å². The van der Waals surface area contributed by atoms with Crippen molar-refractivity contribution >= 4 is 27.3 Å². The SMILES string of the molecule is CC(C)CC(O)CNC(=O)c1csc2ccccc12. The predicted molar refractivity (Wildman–Crippen MR) is 79.6 cm³/mol. The zero-order chi connectivity index (χ0) is 13.8. The van der Waals surface area contributed by atoms with Crippen LogP contribution in [-0.2, 0) is 0 Å². The second kappa shape index (κ2) is 6.17. The summed E-state index contributed by atoms with van der Waals surface area (Å²) in [5, 5.41) is 15.4. The molecule has 1 aromatic heterocycles. The van der Waals surface area contributed by atoms with Gasteiger partial charge in [-0.25, -0.2) is 0 Å². The number of hydrogen-bond donors (Lipinski definition) is 2. The summed E-state index contributed by atoms with van der Waals surface area (Å²) < 4.78 is 1.11. The predicted octanol–water partition coefficient (Wildman–Crippen LogP) is 3.04. The fraction of sp³-hybridized carbons (Fsp3) is 0.400. The van der Waals surface area contributed by atoms with Gasteiger partial charge in [-0.3, -0.25) is 4.79 Å². The molecule has 0 bridgehead atoms. The van der Waals surface area contributed by atoms with Crippen molar-refractivity contribution in [2.75, 3.05) is 6.54 Å². The Morgan fingerprint density at radius 1 is 1.37 bits per heavy atom. The Kier molecular flexibility index (Phi) is 4.56. The van der Waals surface area contributed by atoms with E-state index in [1.807, 2.05) is 29.6 Å². The largest absolute Gasteiger partial charge is 0.391 e. The molecule has 2 aromatic rings. The topological polar surface area (TPSA) is 49.3 Å². The van der Waals surface area contributed by atoms with E-state index in [1.54, 1.807) is 11.3 Å². The third-order valence-corrected chi connectivity index (χ3v) is 3.93. The van der Waals surface area contributed by atoms with Gasteiger partial charge in [0.05, 0.1) is 11.7 Å². The average Bonchev–Trinajstić information content (AvgIpc) is 2.79. The van der Waals surface area contributed by atoms with Gasteiger partial charge in [-0.15, -0.1) is 11.3 Å². The molecule has 1 amide bonds. The number of nitrogens with one attached hydrogen (secondary N) is 1. The van der Waals surface area contributed by atoms with Crippen molar-refractivity contribution in [3.8, 4) is 0 Å². The molecule has 0 spiro atoms. The molecule has 1 heterocycles. The van der Waals surface area contributed by atoms with Crippen LogP contribution in [0.1, 0.15) is 30.6 Å². The maximum atomic E-state index is 12.1. The van der Waals surface area contributed by atoms with E-state index < -0.39 is 6.10 Å². The highest BCUT2D eigenvalue weighted by Gasteiger charge is 2.13. The van der Waals surface area contributed by atoms with Crippen LogP contribution in [0.15, 0.2) is 29.6 Å². The molecule has 0 aliphatic heterocycles. The molecule has 0 aliphatic rings. The van der Waals surface area contributed by atoms with E-state index in [4.69, 9.17) is 0 Å². The molecule has 2 N–H and O–H groups in total. The van der Waals surface area contributed by atoms with Crippen LogP contribution in [0.3, 0.4) is 0 Å². The highest BCUT2D eigenvalue weighted by atomic mass is 32.1. The van der Waals surface area contributed by atoms with Gasteiger partial charge in [0, 0.05) is 22.0 Å². The molecular weight excluding hydrogens is 258 g/mol. The summed E-state index contributed by atoms with van der Waals surface area (Å²) in [5.41, 5.74) is 0.692. The van der Waals surface area contributed by atoms with Crippen molar-refractivity contribution in [3.63, 3.8) is 0 Å². The fourth-order valence-electron chi connectivity index (χ4n) is 2.09. The normalized spacial score (nSPS) is 12.8. The molecule has 2 rings (SSSR count). The minimum atomic E-state index is -0.478. The molecule has 1 unspecified atom stereocenters. The van der Waals surface area contributed by atoms with Crippen LogP contribution in [0, 0.1) is 5.92 Å². The zero-order valence-corrected chi connectivity index (χ0v) is 12.0. The Bertz CT molecular complexity index is 562. The van der Waals surface area contributed by atoms with Crippen LogP contribution in [0.4, 0.5) is 0 Å². The molecule has 1 atom stereocenters. The average molecular weight is 277 g/mol. The van der Waals surface area contributed by atoms with E-state index in [0.29, 0.717) is 24.4 Å². The van der Waals surface area contributed by atoms with E-state index in [-0.39, 0.29) is 5.91 Å². The summed E-state index contributed by atoms with van der Waals surface area (Å²) in [6, 6.07) is 7.85. The molecule has 3 nitrogen and oxygen atoms in total. The number of amides is 1. The Morgan fingerprint density at radius 3 is 2.84 bits per heavy atom. The van der Waals surface area contributed by atoms with Crippen LogP contribution in [-0.4, -0.2) is 23.7 Å². The fourth-order valence-corrected chi connectivity index (χ4v) is 3.03. The van der Waals surface area contributed by atoms with Gasteiger partial charge in [-0.1, -0.05) is 32.0 Å². The number of rotatable bonds is 5. The lowest BCUT2D eigenvalue weighted by Gasteiger charge is -2.13. The van der Waals surface area contributed by atoms with Crippen LogP contribution in [0.5, 0.6) is 0 Å². The summed E-state index contributed by atoms with van der Waals surface area (Å²) in [6.07, 6.45) is 0.221. The smallest absolute Gasteiger partial charge is 0.252 e. The minimum absolute atomic E-state index is 0.111. The van der Waals surface area contributed by atoms with Crippen molar-refractivity contribution in [3.05, 3.63) is 35.2 Å². The minimum Gasteiger partial charge on any atom is -0.391 e. The van der Waals surface area contributed by atoms with Crippen molar-refractivity contribution in [2.45, 2.75) is 26.4 Å². The monoisotopic (exact) mass is 277 g/mol. The second-order valence-electron chi connectivity index (χ2n) is 5.14. The Morgan fingerprint density at radius 2 is 2.11 bits per heavy atom. The summed E-state index contributed by atoms with van der Waals surface area (Å²) in [7, 11) is 0. The van der Waals surface area contributed by atoms with Crippen molar-refractivity contribution in [2.24, 2.45) is 5.92 Å². The first-order chi connectivity index (χ1) is 9.08. The summed E-state index contributed by atoms with van der Waals surface area (Å²) in [5.74, 6) is 0.314. The Hall–Kier alpha value is -1.39.